The molecule has 252 valence electrons. The number of nitrogens with zero attached hydrogens (tertiary/aromatic N) is 2. The molecule has 0 radical (unpaired) electrons. The van der Waals surface area contributed by atoms with E-state index in [-0.39, 0.29) is 17.5 Å². The second-order valence-corrected chi connectivity index (χ2v) is 13.5. The van der Waals surface area contributed by atoms with Crippen LogP contribution in [0.4, 0.5) is 4.79 Å². The number of sulfonamides is 1. The lowest BCUT2D eigenvalue weighted by atomic mass is 10.0. The average molecular weight is 667 g/mol. The van der Waals surface area contributed by atoms with Crippen molar-refractivity contribution in [2.45, 2.75) is 69.8 Å². The van der Waals surface area contributed by atoms with Crippen LogP contribution in [-0.4, -0.2) is 79.2 Å². The van der Waals surface area contributed by atoms with Gasteiger partial charge in [0.1, 0.15) is 12.6 Å². The molecule has 4 rings (SSSR count). The Morgan fingerprint density at radius 1 is 1.02 bits per heavy atom. The Hall–Kier alpha value is -4.37. The molecule has 13 nitrogen and oxygen atoms in total. The van der Waals surface area contributed by atoms with Crippen LogP contribution in [0.2, 0.25) is 0 Å². The number of pyridine rings is 1. The predicted octanol–water partition coefficient (Wildman–Crippen LogP) is 2.23. The van der Waals surface area contributed by atoms with Gasteiger partial charge in [0.05, 0.1) is 28.8 Å². The van der Waals surface area contributed by atoms with Crippen molar-refractivity contribution in [3.8, 4) is 0 Å². The number of carbonyl (C=O) groups excluding carboxylic acids is 2. The number of benzene rings is 2. The fourth-order valence-corrected chi connectivity index (χ4v) is 7.51. The number of ether oxygens (including phenoxy) is 1. The van der Waals surface area contributed by atoms with Crippen molar-refractivity contribution in [2.75, 3.05) is 19.7 Å². The van der Waals surface area contributed by atoms with Gasteiger partial charge in [-0.15, -0.1) is 0 Å². The second-order valence-electron chi connectivity index (χ2n) is 11.9. The van der Waals surface area contributed by atoms with Crippen LogP contribution in [-0.2, 0) is 30.9 Å². The van der Waals surface area contributed by atoms with E-state index in [1.165, 1.54) is 0 Å². The number of aromatic nitrogens is 1. The van der Waals surface area contributed by atoms with Crippen LogP contribution in [0, 0.1) is 27.7 Å². The second kappa shape index (κ2) is 15.5. The summed E-state index contributed by atoms with van der Waals surface area (Å²) in [5.41, 5.74) is 11.0. The molecule has 3 amide bonds. The van der Waals surface area contributed by atoms with Gasteiger partial charge in [0.15, 0.2) is 0 Å². The van der Waals surface area contributed by atoms with Gasteiger partial charge < -0.3 is 31.1 Å². The summed E-state index contributed by atoms with van der Waals surface area (Å²) in [4.78, 5) is 43.9. The molecular formula is C33H42N6O7S. The maximum Gasteiger partial charge on any atom is 0.323 e. The number of carbonyl (C=O) groups is 3. The first-order valence-corrected chi connectivity index (χ1v) is 16.7. The van der Waals surface area contributed by atoms with Crippen molar-refractivity contribution >= 4 is 27.9 Å². The smallest absolute Gasteiger partial charge is 0.323 e. The number of amides is 3. The molecule has 6 N–H and O–H groups in total. The Labute approximate surface area is 275 Å². The first-order chi connectivity index (χ1) is 22.2. The highest BCUT2D eigenvalue weighted by atomic mass is 32.2. The van der Waals surface area contributed by atoms with Crippen molar-refractivity contribution < 1.29 is 32.6 Å². The number of rotatable bonds is 13. The Balaban J connectivity index is 1.36. The zero-order chi connectivity index (χ0) is 34.3. The summed E-state index contributed by atoms with van der Waals surface area (Å²) in [5.74, 6) is -2.10. The van der Waals surface area contributed by atoms with Crippen LogP contribution in [0.3, 0.4) is 0 Å². The van der Waals surface area contributed by atoms with Crippen LogP contribution in [0.25, 0.3) is 0 Å². The summed E-state index contributed by atoms with van der Waals surface area (Å²) < 4.78 is 34.2. The topological polar surface area (TPSA) is 193 Å². The van der Waals surface area contributed by atoms with Gasteiger partial charge in [0.2, 0.25) is 15.9 Å². The third kappa shape index (κ3) is 9.35. The number of hydrogen-bond donors (Lipinski definition) is 5. The molecule has 47 heavy (non-hydrogen) atoms. The minimum atomic E-state index is -4.21. The molecule has 1 saturated heterocycles. The largest absolute Gasteiger partial charge is 0.480 e. The predicted molar refractivity (Wildman–Crippen MR) is 175 cm³/mol. The molecule has 4 unspecified atom stereocenters. The van der Waals surface area contributed by atoms with Gasteiger partial charge in [-0.2, -0.15) is 4.72 Å². The summed E-state index contributed by atoms with van der Waals surface area (Å²) in [6, 6.07) is 13.5. The van der Waals surface area contributed by atoms with Crippen LogP contribution in [0.15, 0.2) is 65.7 Å². The van der Waals surface area contributed by atoms with Crippen LogP contribution in [0.1, 0.15) is 46.0 Å². The lowest BCUT2D eigenvalue weighted by Crippen LogP contribution is -2.49. The maximum absolute atomic E-state index is 13.3. The lowest BCUT2D eigenvalue weighted by Gasteiger charge is -2.29. The fraction of sp³-hybridized carbons (Fsp3) is 0.394. The van der Waals surface area contributed by atoms with E-state index >= 15 is 0 Å². The van der Waals surface area contributed by atoms with E-state index in [4.69, 9.17) is 10.5 Å². The minimum Gasteiger partial charge on any atom is -0.480 e. The number of nitrogens with one attached hydrogen (secondary N) is 3. The summed E-state index contributed by atoms with van der Waals surface area (Å²) in [6.07, 6.45) is 1.40. The van der Waals surface area contributed by atoms with E-state index in [1.54, 1.807) is 49.2 Å². The lowest BCUT2D eigenvalue weighted by molar-refractivity contribution is -0.139. The first-order valence-electron chi connectivity index (χ1n) is 15.2. The molecular weight excluding hydrogens is 624 g/mol. The fourth-order valence-electron chi connectivity index (χ4n) is 5.87. The molecule has 4 atom stereocenters. The molecule has 1 aliphatic rings. The number of aliphatic carboxylic acids is 1. The Bertz CT molecular complexity index is 1680. The van der Waals surface area contributed by atoms with Crippen molar-refractivity contribution in [1.82, 2.24) is 25.2 Å². The van der Waals surface area contributed by atoms with Gasteiger partial charge in [-0.3, -0.25) is 14.6 Å². The van der Waals surface area contributed by atoms with E-state index in [9.17, 15) is 27.9 Å². The third-order valence-electron chi connectivity index (χ3n) is 7.96. The van der Waals surface area contributed by atoms with Crippen LogP contribution >= 0.6 is 0 Å². The van der Waals surface area contributed by atoms with E-state index in [0.29, 0.717) is 29.8 Å². The van der Waals surface area contributed by atoms with Gasteiger partial charge in [-0.05, 0) is 62.9 Å². The van der Waals surface area contributed by atoms with Crippen molar-refractivity contribution in [2.24, 2.45) is 5.73 Å². The number of likely N-dealkylation sites (tertiary alicyclic amines) is 1. The van der Waals surface area contributed by atoms with Gasteiger partial charge >= 0.3 is 12.0 Å². The summed E-state index contributed by atoms with van der Waals surface area (Å²) in [5, 5.41) is 15.1. The highest BCUT2D eigenvalue weighted by Gasteiger charge is 2.40. The molecule has 2 aromatic carbocycles. The molecule has 2 heterocycles. The average Bonchev–Trinajstić information content (AvgIpc) is 3.44. The molecule has 1 aliphatic heterocycles. The minimum absolute atomic E-state index is 0.00354. The highest BCUT2D eigenvalue weighted by molar-refractivity contribution is 7.89. The zero-order valence-corrected chi connectivity index (χ0v) is 27.7. The third-order valence-corrected chi connectivity index (χ3v) is 9.73. The van der Waals surface area contributed by atoms with Crippen LogP contribution < -0.4 is 21.1 Å². The Morgan fingerprint density at radius 3 is 2.38 bits per heavy atom. The zero-order valence-electron chi connectivity index (χ0n) is 26.9. The van der Waals surface area contributed by atoms with Gasteiger partial charge in [0, 0.05) is 25.8 Å². The van der Waals surface area contributed by atoms with Gasteiger partial charge in [-0.1, -0.05) is 53.6 Å². The number of aryl methyl sites for hydroxylation is 4. The SMILES string of the molecule is Cc1cccc(CNC(=O)N2CC(OCC(=O)NCC(NS(=O)(=O)c3c(C)cc(C)cc3C)C(=O)O)CC2C(N)c2ccccn2)c1. The molecule has 0 bridgehead atoms. The Kier molecular flexibility index (Phi) is 11.7. The van der Waals surface area contributed by atoms with E-state index in [1.807, 2.05) is 44.2 Å². The molecule has 0 aliphatic carbocycles. The normalized spacial score (nSPS) is 17.6. The maximum atomic E-state index is 13.3. The standard InChI is InChI=1S/C33H42N6O7S/c1-20-8-7-9-24(14-20)16-37-33(43)39-18-25(15-28(39)30(34)26-10-5-6-11-35-26)46-19-29(40)36-17-27(32(41)42)38-47(44,45)31-22(3)12-21(2)13-23(31)4/h5-14,25,27-28,30,38H,15-19,34H2,1-4H3,(H,36,40)(H,37,43)(H,41,42). The quantitative estimate of drug-likeness (QED) is 0.182. The molecule has 0 saturated carbocycles. The molecule has 1 aromatic heterocycles. The number of hydrogen-bond acceptors (Lipinski definition) is 8. The monoisotopic (exact) mass is 666 g/mol. The molecule has 1 fully saturated rings. The van der Waals surface area contributed by atoms with Gasteiger partial charge in [0.25, 0.3) is 0 Å². The van der Waals surface area contributed by atoms with Crippen molar-refractivity contribution in [1.29, 1.82) is 0 Å². The number of urea groups is 1. The van der Waals surface area contributed by atoms with E-state index in [2.05, 4.69) is 20.3 Å². The summed E-state index contributed by atoms with van der Waals surface area (Å²) >= 11 is 0. The van der Waals surface area contributed by atoms with Crippen molar-refractivity contribution in [3.63, 3.8) is 0 Å². The van der Waals surface area contributed by atoms with Gasteiger partial charge in [-0.25, -0.2) is 13.2 Å². The highest BCUT2D eigenvalue weighted by Crippen LogP contribution is 2.29. The summed E-state index contributed by atoms with van der Waals surface area (Å²) in [6.45, 7) is 6.60. The molecule has 14 heteroatoms. The molecule has 3 aromatic rings. The Morgan fingerprint density at radius 2 is 1.74 bits per heavy atom. The van der Waals surface area contributed by atoms with E-state index < -0.39 is 59.3 Å². The van der Waals surface area contributed by atoms with Crippen molar-refractivity contribution in [3.05, 3.63) is 94.3 Å². The number of nitrogens with two attached hydrogens (primary N) is 1. The van der Waals surface area contributed by atoms with Crippen LogP contribution in [0.5, 0.6) is 0 Å². The summed E-state index contributed by atoms with van der Waals surface area (Å²) in [7, 11) is -4.21. The molecule has 0 spiro atoms. The van der Waals surface area contributed by atoms with E-state index in [0.717, 1.165) is 16.7 Å². The first kappa shape index (κ1) is 35.5. The number of carboxylic acids is 1. The number of carboxylic acid groups (broad SMARTS) is 1.